The quantitative estimate of drug-likeness (QED) is 0.732. The lowest BCUT2D eigenvalue weighted by atomic mass is 9.92. The molecular formula is C10H17NO3. The second-order valence-electron chi connectivity index (χ2n) is 4.31. The van der Waals surface area contributed by atoms with E-state index in [4.69, 9.17) is 5.11 Å². The maximum atomic E-state index is 11.7. The second kappa shape index (κ2) is 3.98. The number of rotatable bonds is 3. The van der Waals surface area contributed by atoms with Crippen LogP contribution in [0.1, 0.15) is 20.8 Å². The second-order valence-corrected chi connectivity index (χ2v) is 4.31. The Morgan fingerprint density at radius 3 is 2.14 bits per heavy atom. The van der Waals surface area contributed by atoms with Gasteiger partial charge in [0.25, 0.3) is 0 Å². The van der Waals surface area contributed by atoms with Crippen LogP contribution in [-0.4, -0.2) is 35.0 Å². The number of hydrogen-bond acceptors (Lipinski definition) is 2. The van der Waals surface area contributed by atoms with Gasteiger partial charge in [0, 0.05) is 19.0 Å². The molecule has 0 aromatic rings. The van der Waals surface area contributed by atoms with E-state index in [1.54, 1.807) is 4.90 Å². The van der Waals surface area contributed by atoms with Crippen LogP contribution in [0.2, 0.25) is 0 Å². The van der Waals surface area contributed by atoms with Gasteiger partial charge in [0.2, 0.25) is 5.91 Å². The minimum absolute atomic E-state index is 0.00950. The van der Waals surface area contributed by atoms with Gasteiger partial charge >= 0.3 is 5.97 Å². The lowest BCUT2D eigenvalue weighted by Gasteiger charge is -2.38. The Hall–Kier alpha value is -1.06. The SMILES string of the molecule is CC(C)C(C)C(=O)N1CC(C(=O)O)C1. The fourth-order valence-electron chi connectivity index (χ4n) is 1.39. The average molecular weight is 199 g/mol. The Labute approximate surface area is 83.9 Å². The van der Waals surface area contributed by atoms with Crippen molar-refractivity contribution < 1.29 is 14.7 Å². The van der Waals surface area contributed by atoms with E-state index in [2.05, 4.69) is 0 Å². The number of amides is 1. The van der Waals surface area contributed by atoms with Gasteiger partial charge in [-0.3, -0.25) is 9.59 Å². The van der Waals surface area contributed by atoms with Crippen molar-refractivity contribution in [2.75, 3.05) is 13.1 Å². The first-order valence-corrected chi connectivity index (χ1v) is 4.95. The summed E-state index contributed by atoms with van der Waals surface area (Å²) in [7, 11) is 0. The van der Waals surface area contributed by atoms with E-state index < -0.39 is 5.97 Å². The van der Waals surface area contributed by atoms with E-state index >= 15 is 0 Å². The van der Waals surface area contributed by atoms with Crippen molar-refractivity contribution >= 4 is 11.9 Å². The van der Waals surface area contributed by atoms with E-state index in [1.807, 2.05) is 20.8 Å². The minimum Gasteiger partial charge on any atom is -0.481 e. The topological polar surface area (TPSA) is 57.6 Å². The first-order chi connectivity index (χ1) is 6.43. The normalized spacial score (nSPS) is 19.3. The Balaban J connectivity index is 2.40. The zero-order valence-electron chi connectivity index (χ0n) is 8.86. The van der Waals surface area contributed by atoms with Crippen molar-refractivity contribution in [3.05, 3.63) is 0 Å². The molecule has 1 rings (SSSR count). The summed E-state index contributed by atoms with van der Waals surface area (Å²) in [5, 5.41) is 8.64. The highest BCUT2D eigenvalue weighted by molar-refractivity contribution is 5.82. The van der Waals surface area contributed by atoms with E-state index in [-0.39, 0.29) is 17.7 Å². The van der Waals surface area contributed by atoms with Crippen LogP contribution in [0.25, 0.3) is 0 Å². The highest BCUT2D eigenvalue weighted by Crippen LogP contribution is 2.21. The van der Waals surface area contributed by atoms with Crippen LogP contribution < -0.4 is 0 Å². The van der Waals surface area contributed by atoms with Gasteiger partial charge in [0.1, 0.15) is 0 Å². The van der Waals surface area contributed by atoms with Crippen LogP contribution in [0.5, 0.6) is 0 Å². The van der Waals surface area contributed by atoms with Crippen LogP contribution in [0.4, 0.5) is 0 Å². The Morgan fingerprint density at radius 1 is 1.29 bits per heavy atom. The first kappa shape index (κ1) is 11.0. The number of carboxylic acid groups (broad SMARTS) is 1. The van der Waals surface area contributed by atoms with Gasteiger partial charge in [0.15, 0.2) is 0 Å². The molecular weight excluding hydrogens is 182 g/mol. The summed E-state index contributed by atoms with van der Waals surface area (Å²) in [6.45, 7) is 6.64. The Bertz CT molecular complexity index is 244. The third-order valence-electron chi connectivity index (χ3n) is 2.93. The average Bonchev–Trinajstić information content (AvgIpc) is 1.98. The molecule has 1 aliphatic heterocycles. The molecule has 0 saturated carbocycles. The van der Waals surface area contributed by atoms with Crippen LogP contribution >= 0.6 is 0 Å². The monoisotopic (exact) mass is 199 g/mol. The van der Waals surface area contributed by atoms with Gasteiger partial charge in [-0.2, -0.15) is 0 Å². The van der Waals surface area contributed by atoms with Crippen molar-refractivity contribution in [3.63, 3.8) is 0 Å². The van der Waals surface area contributed by atoms with E-state index in [9.17, 15) is 9.59 Å². The Morgan fingerprint density at radius 2 is 1.79 bits per heavy atom. The highest BCUT2D eigenvalue weighted by atomic mass is 16.4. The van der Waals surface area contributed by atoms with Crippen molar-refractivity contribution in [2.45, 2.75) is 20.8 Å². The Kier molecular flexibility index (Phi) is 3.13. The number of carbonyl (C=O) groups excluding carboxylic acids is 1. The maximum absolute atomic E-state index is 11.7. The molecule has 4 heteroatoms. The number of carbonyl (C=O) groups is 2. The van der Waals surface area contributed by atoms with Gasteiger partial charge in [0.05, 0.1) is 5.92 Å². The van der Waals surface area contributed by atoms with Crippen molar-refractivity contribution in [1.29, 1.82) is 0 Å². The van der Waals surface area contributed by atoms with Crippen LogP contribution in [-0.2, 0) is 9.59 Å². The van der Waals surface area contributed by atoms with Crippen LogP contribution in [0, 0.1) is 17.8 Å². The number of carboxylic acids is 1. The molecule has 1 heterocycles. The summed E-state index contributed by atoms with van der Waals surface area (Å²) >= 11 is 0. The fraction of sp³-hybridized carbons (Fsp3) is 0.800. The minimum atomic E-state index is -0.800. The molecule has 1 aliphatic rings. The summed E-state index contributed by atoms with van der Waals surface area (Å²) in [6.07, 6.45) is 0. The molecule has 0 bridgehead atoms. The fourth-order valence-corrected chi connectivity index (χ4v) is 1.39. The molecule has 1 amide bonds. The molecule has 0 aromatic carbocycles. The molecule has 0 aliphatic carbocycles. The third kappa shape index (κ3) is 2.05. The maximum Gasteiger partial charge on any atom is 0.310 e. The summed E-state index contributed by atoms with van der Waals surface area (Å²) < 4.78 is 0. The van der Waals surface area contributed by atoms with E-state index in [1.165, 1.54) is 0 Å². The lowest BCUT2D eigenvalue weighted by molar-refractivity contribution is -0.154. The molecule has 1 atom stereocenters. The number of likely N-dealkylation sites (tertiary alicyclic amines) is 1. The predicted octanol–water partition coefficient (Wildman–Crippen LogP) is 0.821. The summed E-state index contributed by atoms with van der Waals surface area (Å²) in [4.78, 5) is 23.8. The van der Waals surface area contributed by atoms with Crippen molar-refractivity contribution in [1.82, 2.24) is 4.90 Å². The molecule has 0 aromatic heterocycles. The highest BCUT2D eigenvalue weighted by Gasteiger charge is 2.37. The number of nitrogens with zero attached hydrogens (tertiary/aromatic N) is 1. The zero-order chi connectivity index (χ0) is 10.9. The number of aliphatic carboxylic acids is 1. The zero-order valence-corrected chi connectivity index (χ0v) is 8.86. The van der Waals surface area contributed by atoms with Crippen molar-refractivity contribution in [3.8, 4) is 0 Å². The van der Waals surface area contributed by atoms with Gasteiger partial charge in [-0.1, -0.05) is 20.8 Å². The smallest absolute Gasteiger partial charge is 0.310 e. The van der Waals surface area contributed by atoms with E-state index in [0.29, 0.717) is 19.0 Å². The van der Waals surface area contributed by atoms with Crippen LogP contribution in [0.3, 0.4) is 0 Å². The molecule has 80 valence electrons. The third-order valence-corrected chi connectivity index (χ3v) is 2.93. The van der Waals surface area contributed by atoms with Gasteiger partial charge in [-0.25, -0.2) is 0 Å². The molecule has 1 fully saturated rings. The molecule has 0 radical (unpaired) electrons. The largest absolute Gasteiger partial charge is 0.481 e. The van der Waals surface area contributed by atoms with Crippen molar-refractivity contribution in [2.24, 2.45) is 17.8 Å². The number of hydrogen-bond donors (Lipinski definition) is 1. The standard InChI is InChI=1S/C10H17NO3/c1-6(2)7(3)9(12)11-4-8(5-11)10(13)14/h6-8H,4-5H2,1-3H3,(H,13,14). The predicted molar refractivity (Wildman–Crippen MR) is 51.7 cm³/mol. The molecule has 4 nitrogen and oxygen atoms in total. The molecule has 0 spiro atoms. The molecule has 1 saturated heterocycles. The summed E-state index contributed by atoms with van der Waals surface area (Å²) in [5.41, 5.74) is 0. The molecule has 1 N–H and O–H groups in total. The molecule has 1 unspecified atom stereocenters. The van der Waals surface area contributed by atoms with Gasteiger partial charge in [-0.15, -0.1) is 0 Å². The lowest BCUT2D eigenvalue weighted by Crippen LogP contribution is -2.54. The van der Waals surface area contributed by atoms with Crippen LogP contribution in [0.15, 0.2) is 0 Å². The molecule has 14 heavy (non-hydrogen) atoms. The summed E-state index contributed by atoms with van der Waals surface area (Å²) in [5.74, 6) is -0.766. The first-order valence-electron chi connectivity index (χ1n) is 4.95. The van der Waals surface area contributed by atoms with E-state index in [0.717, 1.165) is 0 Å². The summed E-state index contributed by atoms with van der Waals surface area (Å²) in [6, 6.07) is 0. The van der Waals surface area contributed by atoms with Gasteiger partial charge < -0.3 is 10.0 Å². The van der Waals surface area contributed by atoms with Gasteiger partial charge in [-0.05, 0) is 5.92 Å².